The van der Waals surface area contributed by atoms with E-state index < -0.39 is 0 Å². The number of halogens is 1. The zero-order valence-electron chi connectivity index (χ0n) is 13.3. The van der Waals surface area contributed by atoms with Gasteiger partial charge >= 0.3 is 0 Å². The van der Waals surface area contributed by atoms with E-state index in [0.717, 1.165) is 25.4 Å². The van der Waals surface area contributed by atoms with Gasteiger partial charge in [0, 0.05) is 12.3 Å². The van der Waals surface area contributed by atoms with Crippen molar-refractivity contribution < 1.29 is 5.11 Å². The lowest BCUT2D eigenvalue weighted by atomic mass is 10.1. The molecule has 0 aliphatic heterocycles. The Bertz CT molecular complexity index is 660. The highest BCUT2D eigenvalue weighted by Crippen LogP contribution is 2.24. The third-order valence-corrected chi connectivity index (χ3v) is 4.34. The summed E-state index contributed by atoms with van der Waals surface area (Å²) in [6, 6.07) is 9.06. The third-order valence-electron chi connectivity index (χ3n) is 3.48. The summed E-state index contributed by atoms with van der Waals surface area (Å²) in [5.74, 6) is 0.592. The normalized spacial score (nSPS) is 10.6. The van der Waals surface area contributed by atoms with Crippen molar-refractivity contribution in [1.29, 1.82) is 0 Å². The average Bonchev–Trinajstić information content (AvgIpc) is 2.52. The second-order valence-electron chi connectivity index (χ2n) is 4.81. The van der Waals surface area contributed by atoms with Gasteiger partial charge in [-0.1, -0.05) is 55.9 Å². The summed E-state index contributed by atoms with van der Waals surface area (Å²) >= 11 is 1.44. The second kappa shape index (κ2) is 9.60. The Morgan fingerprint density at radius 3 is 2.43 bits per heavy atom. The van der Waals surface area contributed by atoms with Gasteiger partial charge in [0.05, 0.1) is 0 Å². The van der Waals surface area contributed by atoms with E-state index in [1.54, 1.807) is 12.1 Å². The molecule has 1 aromatic carbocycles. The van der Waals surface area contributed by atoms with Crippen LogP contribution in [-0.2, 0) is 0 Å². The van der Waals surface area contributed by atoms with Crippen molar-refractivity contribution in [1.82, 2.24) is 14.9 Å². The molecule has 7 heteroatoms. The molecule has 0 spiro atoms. The van der Waals surface area contributed by atoms with Gasteiger partial charge in [-0.25, -0.2) is 0 Å². The van der Waals surface area contributed by atoms with E-state index in [1.165, 1.54) is 11.8 Å². The summed E-state index contributed by atoms with van der Waals surface area (Å²) in [4.78, 5) is 21.3. The molecule has 0 amide bonds. The maximum Gasteiger partial charge on any atom is 0.263 e. The van der Waals surface area contributed by atoms with Gasteiger partial charge in [-0.05, 0) is 18.7 Å². The maximum absolute atomic E-state index is 12.2. The molecule has 0 bridgehead atoms. The molecule has 0 aliphatic rings. The van der Waals surface area contributed by atoms with Crippen molar-refractivity contribution in [2.24, 2.45) is 0 Å². The van der Waals surface area contributed by atoms with Gasteiger partial charge in [-0.3, -0.25) is 4.79 Å². The molecule has 2 N–H and O–H groups in total. The van der Waals surface area contributed by atoms with Gasteiger partial charge in [0.25, 0.3) is 5.56 Å². The highest BCUT2D eigenvalue weighted by Gasteiger charge is 2.13. The number of benzene rings is 1. The van der Waals surface area contributed by atoms with E-state index in [2.05, 4.69) is 28.7 Å². The molecule has 0 atom stereocenters. The largest absolute Gasteiger partial charge is 0.493 e. The number of thioether (sulfide) groups is 1. The van der Waals surface area contributed by atoms with Crippen LogP contribution in [0.3, 0.4) is 0 Å². The molecule has 126 valence electrons. The van der Waals surface area contributed by atoms with Crippen molar-refractivity contribution in [3.8, 4) is 17.0 Å². The zero-order chi connectivity index (χ0) is 15.9. The van der Waals surface area contributed by atoms with Crippen LogP contribution in [0.2, 0.25) is 0 Å². The van der Waals surface area contributed by atoms with Crippen LogP contribution in [0.25, 0.3) is 11.1 Å². The molecule has 2 rings (SSSR count). The van der Waals surface area contributed by atoms with Gasteiger partial charge < -0.3 is 15.0 Å². The van der Waals surface area contributed by atoms with Crippen molar-refractivity contribution in [3.63, 3.8) is 0 Å². The molecule has 1 heterocycles. The lowest BCUT2D eigenvalue weighted by molar-refractivity contribution is 0.324. The monoisotopic (exact) mass is 355 g/mol. The van der Waals surface area contributed by atoms with Crippen LogP contribution in [0.15, 0.2) is 40.3 Å². The maximum atomic E-state index is 12.2. The number of hydrogen-bond acceptors (Lipinski definition) is 5. The Hall–Kier alpha value is -1.50. The minimum absolute atomic E-state index is 0. The number of H-pyrrole nitrogens is 1. The molecular formula is C16H22ClN3O2S. The predicted octanol–water partition coefficient (Wildman–Crippen LogP) is 3.00. The number of nitrogens with one attached hydrogen (secondary N) is 1. The molecule has 0 fully saturated rings. The molecule has 0 radical (unpaired) electrons. The quantitative estimate of drug-likeness (QED) is 0.590. The molecule has 1 aromatic heterocycles. The first-order valence-electron chi connectivity index (χ1n) is 7.39. The Kier molecular flexibility index (Phi) is 8.16. The number of aromatic nitrogens is 2. The number of nitrogens with zero attached hydrogens (tertiary/aromatic N) is 2. The highest BCUT2D eigenvalue weighted by molar-refractivity contribution is 7.99. The first kappa shape index (κ1) is 19.5. The number of hydrogen-bond donors (Lipinski definition) is 2. The van der Waals surface area contributed by atoms with Crippen LogP contribution in [0.1, 0.15) is 13.8 Å². The van der Waals surface area contributed by atoms with Crippen molar-refractivity contribution in [2.75, 3.05) is 25.4 Å². The van der Waals surface area contributed by atoms with E-state index in [4.69, 9.17) is 0 Å². The predicted molar refractivity (Wildman–Crippen MR) is 97.7 cm³/mol. The van der Waals surface area contributed by atoms with Gasteiger partial charge in [-0.15, -0.1) is 12.4 Å². The van der Waals surface area contributed by atoms with Crippen LogP contribution >= 0.6 is 24.2 Å². The van der Waals surface area contributed by atoms with Crippen LogP contribution < -0.4 is 5.56 Å². The fourth-order valence-corrected chi connectivity index (χ4v) is 3.04. The summed E-state index contributed by atoms with van der Waals surface area (Å²) < 4.78 is 0. The fourth-order valence-electron chi connectivity index (χ4n) is 2.19. The molecule has 0 saturated heterocycles. The van der Waals surface area contributed by atoms with E-state index in [9.17, 15) is 9.90 Å². The molecule has 0 aliphatic carbocycles. The Morgan fingerprint density at radius 1 is 1.22 bits per heavy atom. The van der Waals surface area contributed by atoms with Gasteiger partial charge in [0.1, 0.15) is 5.56 Å². The van der Waals surface area contributed by atoms with Crippen LogP contribution in [-0.4, -0.2) is 45.4 Å². The zero-order valence-corrected chi connectivity index (χ0v) is 14.9. The summed E-state index contributed by atoms with van der Waals surface area (Å²) in [6.07, 6.45) is 0. The lowest BCUT2D eigenvalue weighted by Crippen LogP contribution is -2.25. The van der Waals surface area contributed by atoms with Gasteiger partial charge in [0.15, 0.2) is 5.16 Å². The lowest BCUT2D eigenvalue weighted by Gasteiger charge is -2.17. The van der Waals surface area contributed by atoms with Crippen LogP contribution in [0.5, 0.6) is 5.88 Å². The average molecular weight is 356 g/mol. The van der Waals surface area contributed by atoms with Crippen LogP contribution in [0, 0.1) is 0 Å². The second-order valence-corrected chi connectivity index (χ2v) is 5.89. The standard InChI is InChI=1S/C16H21N3O2S.ClH/c1-3-19(4-2)10-11-22-16-17-14(20)13(15(21)18-16)12-8-6-5-7-9-12;/h5-9H,3-4,10-11H2,1-2H3,(H2,17,18,20,21);1H. The summed E-state index contributed by atoms with van der Waals surface area (Å²) in [7, 11) is 0. The summed E-state index contributed by atoms with van der Waals surface area (Å²) in [6.45, 7) is 7.16. The van der Waals surface area contributed by atoms with E-state index >= 15 is 0 Å². The first-order valence-corrected chi connectivity index (χ1v) is 8.38. The van der Waals surface area contributed by atoms with Crippen molar-refractivity contribution in [3.05, 3.63) is 40.7 Å². The van der Waals surface area contributed by atoms with Gasteiger partial charge in [-0.2, -0.15) is 4.98 Å². The van der Waals surface area contributed by atoms with Crippen molar-refractivity contribution >= 4 is 24.2 Å². The number of aromatic hydroxyl groups is 1. The summed E-state index contributed by atoms with van der Waals surface area (Å²) in [5.41, 5.74) is 0.561. The number of rotatable bonds is 7. The Balaban J connectivity index is 0.00000264. The fraction of sp³-hybridized carbons (Fsp3) is 0.375. The third kappa shape index (κ3) is 5.27. The topological polar surface area (TPSA) is 69.2 Å². The van der Waals surface area contributed by atoms with E-state index in [1.807, 2.05) is 18.2 Å². The summed E-state index contributed by atoms with van der Waals surface area (Å²) in [5, 5.41) is 10.5. The first-order chi connectivity index (χ1) is 10.7. The molecule has 0 saturated carbocycles. The molecule has 23 heavy (non-hydrogen) atoms. The van der Waals surface area contributed by atoms with E-state index in [-0.39, 0.29) is 29.4 Å². The Labute approximate surface area is 146 Å². The smallest absolute Gasteiger partial charge is 0.263 e. The van der Waals surface area contributed by atoms with Gasteiger partial charge in [0.2, 0.25) is 5.88 Å². The minimum Gasteiger partial charge on any atom is -0.493 e. The Morgan fingerprint density at radius 2 is 1.87 bits per heavy atom. The highest BCUT2D eigenvalue weighted by atomic mass is 35.5. The van der Waals surface area contributed by atoms with Crippen molar-refractivity contribution in [2.45, 2.75) is 19.0 Å². The number of aromatic amines is 1. The van der Waals surface area contributed by atoms with E-state index in [0.29, 0.717) is 10.7 Å². The van der Waals surface area contributed by atoms with Crippen LogP contribution in [0.4, 0.5) is 0 Å². The minimum atomic E-state index is -0.316. The molecule has 2 aromatic rings. The SMILES string of the molecule is CCN(CC)CCSc1nc(O)c(-c2ccccc2)c(=O)[nH]1.Cl. The molecular weight excluding hydrogens is 334 g/mol. The molecule has 5 nitrogen and oxygen atoms in total. The molecule has 0 unspecified atom stereocenters.